The van der Waals surface area contributed by atoms with E-state index in [1.165, 1.54) is 11.1 Å². The van der Waals surface area contributed by atoms with Gasteiger partial charge in [-0.2, -0.15) is 0 Å². The topological polar surface area (TPSA) is 21.7 Å². The Hall–Kier alpha value is -2.00. The van der Waals surface area contributed by atoms with E-state index in [-0.39, 0.29) is 10.8 Å². The van der Waals surface area contributed by atoms with Crippen molar-refractivity contribution in [1.29, 1.82) is 0 Å². The van der Waals surface area contributed by atoms with Crippen LogP contribution in [0.1, 0.15) is 52.7 Å². The lowest BCUT2D eigenvalue weighted by atomic mass is 9.87. The van der Waals surface area contributed by atoms with Crippen molar-refractivity contribution >= 4 is 0 Å². The molecular formula is C25H37NO2. The molecule has 0 saturated carbocycles. The van der Waals surface area contributed by atoms with Crippen molar-refractivity contribution in [2.45, 2.75) is 52.4 Å². The average molecular weight is 384 g/mol. The molecule has 2 aromatic carbocycles. The Kier molecular flexibility index (Phi) is 7.54. The van der Waals surface area contributed by atoms with Gasteiger partial charge in [-0.1, -0.05) is 65.8 Å². The summed E-state index contributed by atoms with van der Waals surface area (Å²) in [5, 5.41) is 0. The van der Waals surface area contributed by atoms with Gasteiger partial charge in [0.1, 0.15) is 24.7 Å². The summed E-state index contributed by atoms with van der Waals surface area (Å²) in [6.07, 6.45) is 0. The van der Waals surface area contributed by atoms with E-state index in [0.717, 1.165) is 24.6 Å². The van der Waals surface area contributed by atoms with Crippen molar-refractivity contribution < 1.29 is 9.47 Å². The molecule has 0 fully saturated rings. The predicted octanol–water partition coefficient (Wildman–Crippen LogP) is 5.67. The first-order valence-electron chi connectivity index (χ1n) is 10.2. The molecule has 2 aromatic rings. The van der Waals surface area contributed by atoms with Crippen LogP contribution in [0.25, 0.3) is 0 Å². The quantitative estimate of drug-likeness (QED) is 0.586. The van der Waals surface area contributed by atoms with Gasteiger partial charge in [0.25, 0.3) is 0 Å². The van der Waals surface area contributed by atoms with Crippen molar-refractivity contribution in [2.24, 2.45) is 0 Å². The maximum atomic E-state index is 5.87. The van der Waals surface area contributed by atoms with Crippen LogP contribution in [0.5, 0.6) is 11.5 Å². The second-order valence-corrected chi connectivity index (χ2v) is 9.55. The zero-order chi connectivity index (χ0) is 20.8. The van der Waals surface area contributed by atoms with Gasteiger partial charge in [0.2, 0.25) is 0 Å². The lowest BCUT2D eigenvalue weighted by Gasteiger charge is -2.20. The lowest BCUT2D eigenvalue weighted by molar-refractivity contribution is 0.202. The van der Waals surface area contributed by atoms with E-state index < -0.39 is 0 Å². The molecule has 0 saturated heterocycles. The smallest absolute Gasteiger partial charge is 0.119 e. The highest BCUT2D eigenvalue weighted by Crippen LogP contribution is 2.25. The molecule has 0 aliphatic carbocycles. The van der Waals surface area contributed by atoms with Crippen molar-refractivity contribution in [2.75, 3.05) is 33.4 Å². The fourth-order valence-corrected chi connectivity index (χ4v) is 2.85. The van der Waals surface area contributed by atoms with E-state index in [1.54, 1.807) is 0 Å². The largest absolute Gasteiger partial charge is 0.492 e. The van der Waals surface area contributed by atoms with Gasteiger partial charge < -0.3 is 9.47 Å². The number of likely N-dealkylation sites (N-methyl/N-ethyl adjacent to an activating group) is 1. The van der Waals surface area contributed by atoms with Crippen LogP contribution in [0, 0.1) is 0 Å². The third kappa shape index (κ3) is 7.20. The maximum Gasteiger partial charge on any atom is 0.119 e. The first-order chi connectivity index (χ1) is 13.1. The Bertz CT molecular complexity index is 643. The van der Waals surface area contributed by atoms with Crippen molar-refractivity contribution in [3.8, 4) is 11.5 Å². The number of nitrogens with zero attached hydrogens (tertiary/aromatic N) is 1. The van der Waals surface area contributed by atoms with E-state index in [1.807, 2.05) is 0 Å². The molecule has 0 atom stereocenters. The monoisotopic (exact) mass is 383 g/mol. The van der Waals surface area contributed by atoms with Crippen LogP contribution in [0.3, 0.4) is 0 Å². The molecule has 3 heteroatoms. The van der Waals surface area contributed by atoms with Gasteiger partial charge >= 0.3 is 0 Å². The summed E-state index contributed by atoms with van der Waals surface area (Å²) < 4.78 is 11.7. The number of hydrogen-bond donors (Lipinski definition) is 0. The zero-order valence-corrected chi connectivity index (χ0v) is 18.7. The normalized spacial score (nSPS) is 12.3. The Morgan fingerprint density at radius 2 is 0.929 bits per heavy atom. The maximum absolute atomic E-state index is 5.87. The summed E-state index contributed by atoms with van der Waals surface area (Å²) >= 11 is 0. The fraction of sp³-hybridized carbons (Fsp3) is 0.520. The van der Waals surface area contributed by atoms with E-state index >= 15 is 0 Å². The van der Waals surface area contributed by atoms with Crippen LogP contribution in [0.15, 0.2) is 48.5 Å². The van der Waals surface area contributed by atoms with Gasteiger partial charge in [-0.3, -0.25) is 4.90 Å². The molecule has 3 nitrogen and oxygen atoms in total. The van der Waals surface area contributed by atoms with Gasteiger partial charge in [-0.05, 0) is 53.3 Å². The molecule has 0 unspecified atom stereocenters. The van der Waals surface area contributed by atoms with Crippen molar-refractivity contribution in [3.05, 3.63) is 59.7 Å². The highest BCUT2D eigenvalue weighted by molar-refractivity contribution is 5.32. The number of rotatable bonds is 8. The molecule has 2 rings (SSSR count). The highest BCUT2D eigenvalue weighted by Gasteiger charge is 2.14. The minimum absolute atomic E-state index is 0.172. The standard InChI is InChI=1S/C25H37NO2/c1-24(2,3)20-8-12-22(13-9-20)27-18-16-26(7)17-19-28-23-14-10-21(11-15-23)25(4,5)6/h8-15H,16-19H2,1-7H3. The molecular weight excluding hydrogens is 346 g/mol. The van der Waals surface area contributed by atoms with Crippen LogP contribution in [0.2, 0.25) is 0 Å². The average Bonchev–Trinajstić information content (AvgIpc) is 2.61. The summed E-state index contributed by atoms with van der Waals surface area (Å²) in [7, 11) is 2.10. The summed E-state index contributed by atoms with van der Waals surface area (Å²) in [4.78, 5) is 2.23. The van der Waals surface area contributed by atoms with Crippen LogP contribution >= 0.6 is 0 Å². The molecule has 28 heavy (non-hydrogen) atoms. The molecule has 0 spiro atoms. The van der Waals surface area contributed by atoms with E-state index in [2.05, 4.69) is 102 Å². The zero-order valence-electron chi connectivity index (χ0n) is 18.7. The summed E-state index contributed by atoms with van der Waals surface area (Å²) in [6.45, 7) is 16.4. The van der Waals surface area contributed by atoms with Gasteiger partial charge in [0.05, 0.1) is 0 Å². The molecule has 0 radical (unpaired) electrons. The molecule has 0 bridgehead atoms. The fourth-order valence-electron chi connectivity index (χ4n) is 2.85. The third-order valence-corrected chi connectivity index (χ3v) is 4.92. The third-order valence-electron chi connectivity index (χ3n) is 4.92. The van der Waals surface area contributed by atoms with Gasteiger partial charge in [-0.15, -0.1) is 0 Å². The van der Waals surface area contributed by atoms with E-state index in [9.17, 15) is 0 Å². The van der Waals surface area contributed by atoms with Gasteiger partial charge in [0, 0.05) is 13.1 Å². The van der Waals surface area contributed by atoms with E-state index in [4.69, 9.17) is 9.47 Å². The minimum Gasteiger partial charge on any atom is -0.492 e. The van der Waals surface area contributed by atoms with Gasteiger partial charge in [0.15, 0.2) is 0 Å². The Labute approximate surface area is 171 Å². The van der Waals surface area contributed by atoms with Crippen LogP contribution in [-0.2, 0) is 10.8 Å². The Morgan fingerprint density at radius 1 is 0.607 bits per heavy atom. The Morgan fingerprint density at radius 3 is 1.21 bits per heavy atom. The van der Waals surface area contributed by atoms with Gasteiger partial charge in [-0.25, -0.2) is 0 Å². The number of benzene rings is 2. The predicted molar refractivity (Wildman–Crippen MR) is 119 cm³/mol. The second-order valence-electron chi connectivity index (χ2n) is 9.55. The number of hydrogen-bond acceptors (Lipinski definition) is 3. The molecule has 154 valence electrons. The highest BCUT2D eigenvalue weighted by atomic mass is 16.5. The molecule has 0 aliphatic rings. The summed E-state index contributed by atoms with van der Waals surface area (Å²) in [5.74, 6) is 1.85. The number of ether oxygens (including phenoxy) is 2. The molecule has 0 aliphatic heterocycles. The van der Waals surface area contributed by atoms with E-state index in [0.29, 0.717) is 13.2 Å². The van der Waals surface area contributed by atoms with Crippen LogP contribution < -0.4 is 9.47 Å². The molecule has 0 N–H and O–H groups in total. The first kappa shape index (κ1) is 22.3. The van der Waals surface area contributed by atoms with Crippen LogP contribution in [-0.4, -0.2) is 38.3 Å². The molecule has 0 aromatic heterocycles. The first-order valence-corrected chi connectivity index (χ1v) is 10.2. The lowest BCUT2D eigenvalue weighted by Crippen LogP contribution is -2.28. The molecule has 0 heterocycles. The SMILES string of the molecule is CN(CCOc1ccc(C(C)(C)C)cc1)CCOc1ccc(C(C)(C)C)cc1. The Balaban J connectivity index is 1.67. The summed E-state index contributed by atoms with van der Waals surface area (Å²) in [6, 6.07) is 16.8. The molecule has 0 amide bonds. The summed E-state index contributed by atoms with van der Waals surface area (Å²) in [5.41, 5.74) is 2.99. The minimum atomic E-state index is 0.172. The van der Waals surface area contributed by atoms with Crippen molar-refractivity contribution in [1.82, 2.24) is 4.90 Å². The van der Waals surface area contributed by atoms with Crippen molar-refractivity contribution in [3.63, 3.8) is 0 Å². The second kappa shape index (κ2) is 9.47. The van der Waals surface area contributed by atoms with Crippen LogP contribution in [0.4, 0.5) is 0 Å².